The van der Waals surface area contributed by atoms with Gasteiger partial charge in [-0.05, 0) is 25.5 Å². The number of para-hydroxylation sites is 1. The molecule has 1 fully saturated rings. The van der Waals surface area contributed by atoms with Crippen LogP contribution < -0.4 is 10.1 Å². The van der Waals surface area contributed by atoms with Crippen molar-refractivity contribution in [2.75, 3.05) is 26.8 Å². The fraction of sp³-hybridized carbons (Fsp3) is 0.550. The van der Waals surface area contributed by atoms with E-state index < -0.39 is 5.60 Å². The number of amides is 2. The Labute approximate surface area is 159 Å². The summed E-state index contributed by atoms with van der Waals surface area (Å²) in [6.45, 7) is 2.66. The van der Waals surface area contributed by atoms with Crippen molar-refractivity contribution in [3.8, 4) is 5.75 Å². The summed E-state index contributed by atoms with van der Waals surface area (Å²) in [6.07, 6.45) is 1.53. The Bertz CT molecular complexity index is 735. The van der Waals surface area contributed by atoms with Gasteiger partial charge in [0.15, 0.2) is 5.78 Å². The lowest BCUT2D eigenvalue weighted by Crippen LogP contribution is -2.45. The van der Waals surface area contributed by atoms with Gasteiger partial charge in [-0.1, -0.05) is 12.1 Å². The van der Waals surface area contributed by atoms with E-state index >= 15 is 0 Å². The lowest BCUT2D eigenvalue weighted by Gasteiger charge is -2.37. The second-order valence-corrected chi connectivity index (χ2v) is 7.37. The number of hydrogen-bond acceptors (Lipinski definition) is 5. The summed E-state index contributed by atoms with van der Waals surface area (Å²) in [4.78, 5) is 38.8. The van der Waals surface area contributed by atoms with Crippen LogP contribution in [0.25, 0.3) is 0 Å². The van der Waals surface area contributed by atoms with Gasteiger partial charge in [-0.2, -0.15) is 0 Å². The molecule has 1 spiro atoms. The fourth-order valence-corrected chi connectivity index (χ4v) is 3.76. The molecule has 1 aromatic carbocycles. The van der Waals surface area contributed by atoms with Gasteiger partial charge in [-0.3, -0.25) is 14.4 Å². The molecule has 0 aliphatic carbocycles. The number of hydrogen-bond donors (Lipinski definition) is 1. The van der Waals surface area contributed by atoms with E-state index in [1.54, 1.807) is 24.1 Å². The maximum absolute atomic E-state index is 12.5. The Hall–Kier alpha value is -2.41. The molecule has 2 aliphatic rings. The number of benzene rings is 1. The van der Waals surface area contributed by atoms with E-state index in [4.69, 9.17) is 9.47 Å². The molecular weight excluding hydrogens is 348 g/mol. The molecule has 7 heteroatoms. The van der Waals surface area contributed by atoms with E-state index in [1.807, 2.05) is 19.1 Å². The smallest absolute Gasteiger partial charge is 0.239 e. The molecule has 0 aromatic heterocycles. The highest BCUT2D eigenvalue weighted by atomic mass is 16.5. The fourth-order valence-electron chi connectivity index (χ4n) is 3.76. The van der Waals surface area contributed by atoms with Crippen molar-refractivity contribution in [2.24, 2.45) is 0 Å². The molecule has 2 aliphatic heterocycles. The van der Waals surface area contributed by atoms with Crippen molar-refractivity contribution in [2.45, 2.75) is 44.2 Å². The molecule has 1 aromatic rings. The van der Waals surface area contributed by atoms with Gasteiger partial charge in [-0.25, -0.2) is 0 Å². The van der Waals surface area contributed by atoms with Gasteiger partial charge in [0.25, 0.3) is 0 Å². The summed E-state index contributed by atoms with van der Waals surface area (Å²) >= 11 is 0. The number of methoxy groups -OCH3 is 1. The van der Waals surface area contributed by atoms with Crippen molar-refractivity contribution in [1.29, 1.82) is 0 Å². The Morgan fingerprint density at radius 3 is 2.89 bits per heavy atom. The van der Waals surface area contributed by atoms with E-state index in [1.165, 1.54) is 0 Å². The largest absolute Gasteiger partial charge is 0.486 e. The third kappa shape index (κ3) is 4.47. The van der Waals surface area contributed by atoms with E-state index in [0.717, 1.165) is 0 Å². The molecular formula is C20H26N2O5. The quantitative estimate of drug-likeness (QED) is 0.845. The molecule has 2 heterocycles. The summed E-state index contributed by atoms with van der Waals surface area (Å²) < 4.78 is 11.2. The highest BCUT2D eigenvalue weighted by Gasteiger charge is 2.43. The minimum Gasteiger partial charge on any atom is -0.486 e. The third-order valence-corrected chi connectivity index (χ3v) is 5.14. The molecule has 0 bridgehead atoms. The average molecular weight is 374 g/mol. The highest BCUT2D eigenvalue weighted by molar-refractivity contribution is 6.00. The number of carbonyl (C=O) groups is 3. The zero-order chi connectivity index (χ0) is 19.4. The zero-order valence-electron chi connectivity index (χ0n) is 15.8. The van der Waals surface area contributed by atoms with Crippen LogP contribution in [0, 0.1) is 0 Å². The molecule has 0 unspecified atom stereocenters. The number of ketones is 1. The topological polar surface area (TPSA) is 84.9 Å². The van der Waals surface area contributed by atoms with Crippen LogP contribution in [0.3, 0.4) is 0 Å². The number of carbonyl (C=O) groups excluding carboxylic acids is 3. The number of nitrogens with zero attached hydrogens (tertiary/aromatic N) is 1. The van der Waals surface area contributed by atoms with Crippen LogP contribution in [0.4, 0.5) is 0 Å². The van der Waals surface area contributed by atoms with Crippen LogP contribution in [0.2, 0.25) is 0 Å². The van der Waals surface area contributed by atoms with Gasteiger partial charge < -0.3 is 19.7 Å². The Balaban J connectivity index is 1.65. The van der Waals surface area contributed by atoms with Crippen LogP contribution >= 0.6 is 0 Å². The summed E-state index contributed by atoms with van der Waals surface area (Å²) in [7, 11) is 1.57. The zero-order valence-corrected chi connectivity index (χ0v) is 15.8. The van der Waals surface area contributed by atoms with E-state index in [2.05, 4.69) is 5.32 Å². The first kappa shape index (κ1) is 19.4. The molecule has 2 atom stereocenters. The van der Waals surface area contributed by atoms with E-state index in [9.17, 15) is 14.4 Å². The van der Waals surface area contributed by atoms with Crippen LogP contribution in [-0.2, 0) is 14.3 Å². The third-order valence-electron chi connectivity index (χ3n) is 5.14. The molecule has 0 radical (unpaired) electrons. The Morgan fingerprint density at radius 2 is 2.11 bits per heavy atom. The molecule has 2 amide bonds. The van der Waals surface area contributed by atoms with Gasteiger partial charge in [0.1, 0.15) is 11.4 Å². The number of nitrogens with one attached hydrogen (secondary N) is 1. The molecule has 1 N–H and O–H groups in total. The average Bonchev–Trinajstić information content (AvgIpc) is 2.76. The normalized spacial score (nSPS) is 23.4. The van der Waals surface area contributed by atoms with Crippen molar-refractivity contribution in [1.82, 2.24) is 10.2 Å². The monoisotopic (exact) mass is 374 g/mol. The summed E-state index contributed by atoms with van der Waals surface area (Å²) in [5.74, 6) is 0.329. The van der Waals surface area contributed by atoms with E-state index in [-0.39, 0.29) is 43.0 Å². The highest BCUT2D eigenvalue weighted by Crippen LogP contribution is 2.39. The summed E-state index contributed by atoms with van der Waals surface area (Å²) in [5.41, 5.74) is -0.0718. The van der Waals surface area contributed by atoms with Gasteiger partial charge in [0.2, 0.25) is 11.8 Å². The minimum atomic E-state index is -0.671. The Morgan fingerprint density at radius 1 is 1.33 bits per heavy atom. The van der Waals surface area contributed by atoms with Crippen molar-refractivity contribution in [3.05, 3.63) is 29.8 Å². The number of ether oxygens (including phenoxy) is 2. The minimum absolute atomic E-state index is 0.00744. The number of fused-ring (bicyclic) bond motifs is 1. The van der Waals surface area contributed by atoms with Gasteiger partial charge in [-0.15, -0.1) is 0 Å². The molecule has 0 saturated carbocycles. The lowest BCUT2D eigenvalue weighted by atomic mass is 9.84. The SMILES string of the molecule is COC[C@H](C)NC(=O)CN1CC[C@]2(CCC1=O)CC(=O)c1ccccc1O2. The number of Topliss-reactive ketones (excluding diaryl/α,β-unsaturated/α-hetero) is 1. The summed E-state index contributed by atoms with van der Waals surface area (Å²) in [6, 6.07) is 7.10. The first-order valence-corrected chi connectivity index (χ1v) is 9.30. The molecule has 3 rings (SSSR count). The lowest BCUT2D eigenvalue weighted by molar-refractivity contribution is -0.135. The van der Waals surface area contributed by atoms with Gasteiger partial charge in [0.05, 0.1) is 25.1 Å². The number of rotatable bonds is 5. The van der Waals surface area contributed by atoms with Gasteiger partial charge >= 0.3 is 0 Å². The Kier molecular flexibility index (Phi) is 5.79. The number of likely N-dealkylation sites (tertiary alicyclic amines) is 1. The molecule has 146 valence electrons. The van der Waals surface area contributed by atoms with Crippen LogP contribution in [0.1, 0.15) is 43.0 Å². The van der Waals surface area contributed by atoms with Gasteiger partial charge in [0, 0.05) is 32.5 Å². The van der Waals surface area contributed by atoms with Crippen LogP contribution in [0.15, 0.2) is 24.3 Å². The molecule has 27 heavy (non-hydrogen) atoms. The molecule has 7 nitrogen and oxygen atoms in total. The second kappa shape index (κ2) is 8.08. The van der Waals surface area contributed by atoms with Crippen molar-refractivity contribution < 1.29 is 23.9 Å². The second-order valence-electron chi connectivity index (χ2n) is 7.37. The maximum Gasteiger partial charge on any atom is 0.239 e. The predicted molar refractivity (Wildman–Crippen MR) is 98.7 cm³/mol. The first-order valence-electron chi connectivity index (χ1n) is 9.30. The maximum atomic E-state index is 12.5. The standard InChI is InChI=1S/C20H26N2O5/c1-14(13-26-2)21-18(24)12-22-10-9-20(8-7-19(22)25)11-16(23)15-5-3-4-6-17(15)27-20/h3-6,14H,7-13H2,1-2H3,(H,21,24)/t14-,20+/m0/s1. The van der Waals surface area contributed by atoms with E-state index in [0.29, 0.717) is 37.3 Å². The van der Waals surface area contributed by atoms with Crippen LogP contribution in [0.5, 0.6) is 5.75 Å². The predicted octanol–water partition coefficient (Wildman–Crippen LogP) is 1.55. The first-order chi connectivity index (χ1) is 12.9. The van der Waals surface area contributed by atoms with Crippen LogP contribution in [-0.4, -0.2) is 60.9 Å². The summed E-state index contributed by atoms with van der Waals surface area (Å²) in [5, 5.41) is 2.82. The molecule has 1 saturated heterocycles. The van der Waals surface area contributed by atoms with Crippen molar-refractivity contribution >= 4 is 17.6 Å². The van der Waals surface area contributed by atoms with Crippen molar-refractivity contribution in [3.63, 3.8) is 0 Å².